The molecule has 1 atom stereocenters. The minimum atomic E-state index is -1.76. The van der Waals surface area contributed by atoms with Gasteiger partial charge >= 0.3 is 5.97 Å². The van der Waals surface area contributed by atoms with Crippen molar-refractivity contribution < 1.29 is 24.3 Å². The highest BCUT2D eigenvalue weighted by Gasteiger charge is 2.28. The number of hydrogen-bond acceptors (Lipinski definition) is 5. The van der Waals surface area contributed by atoms with Crippen LogP contribution in [0, 0.1) is 0 Å². The van der Waals surface area contributed by atoms with Crippen molar-refractivity contribution in [2.24, 2.45) is 5.73 Å². The number of ketones is 1. The van der Waals surface area contributed by atoms with Crippen LogP contribution < -0.4 is 11.1 Å². The highest BCUT2D eigenvalue weighted by Crippen LogP contribution is 2.12. The Morgan fingerprint density at radius 3 is 2.48 bits per heavy atom. The third-order valence-electron chi connectivity index (χ3n) is 3.07. The Kier molecular flexibility index (Phi) is 4.65. The maximum absolute atomic E-state index is 12.1. The lowest BCUT2D eigenvalue weighted by Crippen LogP contribution is -2.46. The number of nitrogens with one attached hydrogen (secondary N) is 1. The summed E-state index contributed by atoms with van der Waals surface area (Å²) in [7, 11) is 0. The average Bonchev–Trinajstić information content (AvgIpc) is 2.52. The number of aliphatic carboxylic acids is 1. The largest absolute Gasteiger partial charge is 0.475 e. The molecule has 0 unspecified atom stereocenters. The Morgan fingerprint density at radius 2 is 1.83 bits per heavy atom. The van der Waals surface area contributed by atoms with Crippen LogP contribution in [0.3, 0.4) is 0 Å². The van der Waals surface area contributed by atoms with Crippen LogP contribution in [-0.4, -0.2) is 39.7 Å². The number of hydrogen-bond donors (Lipinski definition) is 3. The number of nitrogens with zero attached hydrogens (tertiary/aromatic N) is 1. The number of aromatic nitrogens is 1. The Bertz CT molecular complexity index is 803. The number of carboxylic acid groups (broad SMARTS) is 1. The zero-order chi connectivity index (χ0) is 17.0. The molecule has 0 aliphatic heterocycles. The smallest absolute Gasteiger partial charge is 0.374 e. The summed E-state index contributed by atoms with van der Waals surface area (Å²) in [5.41, 5.74) is 5.53. The second kappa shape index (κ2) is 6.65. The molecule has 0 spiro atoms. The normalized spacial score (nSPS) is 11.7. The second-order valence-corrected chi connectivity index (χ2v) is 4.76. The van der Waals surface area contributed by atoms with Gasteiger partial charge in [0, 0.05) is 5.39 Å². The van der Waals surface area contributed by atoms with Gasteiger partial charge < -0.3 is 16.2 Å². The van der Waals surface area contributed by atoms with Gasteiger partial charge in [-0.2, -0.15) is 0 Å². The number of benzene rings is 1. The lowest BCUT2D eigenvalue weighted by atomic mass is 10.1. The van der Waals surface area contributed by atoms with Crippen LogP contribution in [0.2, 0.25) is 0 Å². The molecule has 2 rings (SSSR count). The predicted molar refractivity (Wildman–Crippen MR) is 79.5 cm³/mol. The number of carboxylic acids is 1. The SMILES string of the molecule is NC(=O)C[C@H](NC(=O)c1ccc2ccccc2n1)C(=O)C(=O)O. The fourth-order valence-corrected chi connectivity index (χ4v) is 1.98. The molecule has 0 radical (unpaired) electrons. The quantitative estimate of drug-likeness (QED) is 0.634. The number of primary amides is 1. The lowest BCUT2D eigenvalue weighted by molar-refractivity contribution is -0.150. The number of nitrogens with two attached hydrogens (primary N) is 1. The number of amides is 2. The summed E-state index contributed by atoms with van der Waals surface area (Å²) < 4.78 is 0. The Hall–Kier alpha value is -3.29. The van der Waals surface area contributed by atoms with Gasteiger partial charge in [-0.1, -0.05) is 24.3 Å². The number of carbonyl (C=O) groups excluding carboxylic acids is 3. The maximum Gasteiger partial charge on any atom is 0.374 e. The number of rotatable bonds is 6. The molecule has 2 aromatic rings. The van der Waals surface area contributed by atoms with Crippen LogP contribution >= 0.6 is 0 Å². The lowest BCUT2D eigenvalue weighted by Gasteiger charge is -2.13. The molecule has 4 N–H and O–H groups in total. The van der Waals surface area contributed by atoms with Gasteiger partial charge in [0.1, 0.15) is 11.7 Å². The Morgan fingerprint density at radius 1 is 1.13 bits per heavy atom. The van der Waals surface area contributed by atoms with Crippen LogP contribution in [0.5, 0.6) is 0 Å². The van der Waals surface area contributed by atoms with Crippen LogP contribution in [0.1, 0.15) is 16.9 Å². The molecule has 0 saturated carbocycles. The van der Waals surface area contributed by atoms with E-state index in [1.54, 1.807) is 18.2 Å². The van der Waals surface area contributed by atoms with Gasteiger partial charge in [-0.15, -0.1) is 0 Å². The number of pyridine rings is 1. The minimum Gasteiger partial charge on any atom is -0.475 e. The topological polar surface area (TPSA) is 139 Å². The predicted octanol–water partition coefficient (Wildman–Crippen LogP) is -0.138. The molecule has 0 saturated heterocycles. The van der Waals surface area contributed by atoms with E-state index >= 15 is 0 Å². The summed E-state index contributed by atoms with van der Waals surface area (Å²) in [4.78, 5) is 49.5. The van der Waals surface area contributed by atoms with Crippen molar-refractivity contribution in [2.75, 3.05) is 0 Å². The third-order valence-corrected chi connectivity index (χ3v) is 3.07. The van der Waals surface area contributed by atoms with Crippen LogP contribution in [0.15, 0.2) is 36.4 Å². The molecule has 8 heteroatoms. The van der Waals surface area contributed by atoms with E-state index in [1.807, 2.05) is 12.1 Å². The Labute approximate surface area is 130 Å². The molecule has 1 aromatic carbocycles. The average molecular weight is 315 g/mol. The molecule has 0 bridgehead atoms. The molecule has 8 nitrogen and oxygen atoms in total. The van der Waals surface area contributed by atoms with Crippen LogP contribution in [0.25, 0.3) is 10.9 Å². The van der Waals surface area contributed by atoms with Gasteiger partial charge in [0.2, 0.25) is 5.91 Å². The number of para-hydroxylation sites is 1. The minimum absolute atomic E-state index is 0.00337. The summed E-state index contributed by atoms with van der Waals surface area (Å²) in [6.45, 7) is 0. The summed E-state index contributed by atoms with van der Waals surface area (Å²) in [5.74, 6) is -4.76. The van der Waals surface area contributed by atoms with E-state index in [2.05, 4.69) is 10.3 Å². The molecule has 1 aromatic heterocycles. The molecule has 0 aliphatic carbocycles. The van der Waals surface area contributed by atoms with Gasteiger partial charge in [0.15, 0.2) is 0 Å². The van der Waals surface area contributed by atoms with Crippen LogP contribution in [0.4, 0.5) is 0 Å². The first-order valence-electron chi connectivity index (χ1n) is 6.60. The van der Waals surface area contributed by atoms with E-state index in [0.29, 0.717) is 5.52 Å². The molecule has 23 heavy (non-hydrogen) atoms. The number of fused-ring (bicyclic) bond motifs is 1. The van der Waals surface area contributed by atoms with E-state index in [0.717, 1.165) is 5.39 Å². The van der Waals surface area contributed by atoms with Gasteiger partial charge in [-0.25, -0.2) is 9.78 Å². The number of carbonyl (C=O) groups is 4. The van der Waals surface area contributed by atoms with Crippen molar-refractivity contribution in [1.82, 2.24) is 10.3 Å². The molecule has 118 valence electrons. The summed E-state index contributed by atoms with van der Waals surface area (Å²) >= 11 is 0. The zero-order valence-corrected chi connectivity index (χ0v) is 11.9. The zero-order valence-electron chi connectivity index (χ0n) is 11.9. The van der Waals surface area contributed by atoms with Gasteiger partial charge in [-0.05, 0) is 12.1 Å². The van der Waals surface area contributed by atoms with Gasteiger partial charge in [0.25, 0.3) is 11.7 Å². The molecule has 0 fully saturated rings. The molecule has 0 aliphatic rings. The summed E-state index contributed by atoms with van der Waals surface area (Å²) in [6.07, 6.45) is -0.607. The number of Topliss-reactive ketones (excluding diaryl/α,β-unsaturated/α-hetero) is 1. The second-order valence-electron chi connectivity index (χ2n) is 4.76. The van der Waals surface area contributed by atoms with Gasteiger partial charge in [0.05, 0.1) is 11.9 Å². The first kappa shape index (κ1) is 16.1. The maximum atomic E-state index is 12.1. The van der Waals surface area contributed by atoms with E-state index in [-0.39, 0.29) is 5.69 Å². The highest BCUT2D eigenvalue weighted by molar-refractivity contribution is 6.35. The fourth-order valence-electron chi connectivity index (χ4n) is 1.98. The molecule has 1 heterocycles. The third kappa shape index (κ3) is 3.88. The summed E-state index contributed by atoms with van der Waals surface area (Å²) in [6, 6.07) is 8.65. The van der Waals surface area contributed by atoms with Crippen molar-refractivity contribution in [3.63, 3.8) is 0 Å². The van der Waals surface area contributed by atoms with E-state index < -0.39 is 36.0 Å². The molecular weight excluding hydrogens is 302 g/mol. The van der Waals surface area contributed by atoms with Crippen molar-refractivity contribution in [3.05, 3.63) is 42.1 Å². The van der Waals surface area contributed by atoms with Crippen LogP contribution in [-0.2, 0) is 14.4 Å². The van der Waals surface area contributed by atoms with E-state index in [1.165, 1.54) is 6.07 Å². The Balaban J connectivity index is 2.23. The van der Waals surface area contributed by atoms with Crippen molar-refractivity contribution in [2.45, 2.75) is 12.5 Å². The fraction of sp³-hybridized carbons (Fsp3) is 0.133. The van der Waals surface area contributed by atoms with E-state index in [9.17, 15) is 19.2 Å². The first-order chi connectivity index (χ1) is 10.9. The van der Waals surface area contributed by atoms with Crippen molar-refractivity contribution >= 4 is 34.5 Å². The molecular formula is C15H13N3O5. The van der Waals surface area contributed by atoms with E-state index in [4.69, 9.17) is 10.8 Å². The van der Waals surface area contributed by atoms with Crippen molar-refractivity contribution in [3.8, 4) is 0 Å². The first-order valence-corrected chi connectivity index (χ1v) is 6.60. The summed E-state index contributed by atoms with van der Waals surface area (Å²) in [5, 5.41) is 11.7. The highest BCUT2D eigenvalue weighted by atomic mass is 16.4. The standard InChI is InChI=1S/C15H13N3O5/c16-12(19)7-11(13(20)15(22)23)18-14(21)10-6-5-8-3-1-2-4-9(8)17-10/h1-6,11H,7H2,(H2,16,19)(H,18,21)(H,22,23)/t11-/m0/s1. The monoisotopic (exact) mass is 315 g/mol. The van der Waals surface area contributed by atoms with Crippen molar-refractivity contribution in [1.29, 1.82) is 0 Å². The molecule has 2 amide bonds. The van der Waals surface area contributed by atoms with Gasteiger partial charge in [-0.3, -0.25) is 14.4 Å².